The van der Waals surface area contributed by atoms with Gasteiger partial charge >= 0.3 is 0 Å². The molecule has 0 spiro atoms. The van der Waals surface area contributed by atoms with Gasteiger partial charge in [0, 0.05) is 23.0 Å². The Morgan fingerprint density at radius 3 is 2.38 bits per heavy atom. The first kappa shape index (κ1) is 17.8. The summed E-state index contributed by atoms with van der Waals surface area (Å²) in [6, 6.07) is 13.4. The van der Waals surface area contributed by atoms with Gasteiger partial charge in [-0.15, -0.1) is 0 Å². The second-order valence-electron chi connectivity index (χ2n) is 5.60. The molecule has 0 radical (unpaired) electrons. The van der Waals surface area contributed by atoms with Crippen LogP contribution in [0.5, 0.6) is 5.75 Å². The molecule has 2 N–H and O–H groups in total. The van der Waals surface area contributed by atoms with E-state index in [0.717, 1.165) is 6.26 Å². The zero-order valence-corrected chi connectivity index (χ0v) is 14.6. The van der Waals surface area contributed by atoms with Crippen molar-refractivity contribution in [2.75, 3.05) is 16.3 Å². The van der Waals surface area contributed by atoms with Crippen LogP contribution in [0.1, 0.15) is 24.2 Å². The van der Waals surface area contributed by atoms with E-state index in [1.165, 1.54) is 6.07 Å². The Kier molecular flexibility index (Phi) is 5.46. The van der Waals surface area contributed by atoms with E-state index < -0.39 is 10.0 Å². The summed E-state index contributed by atoms with van der Waals surface area (Å²) in [7, 11) is -3.39. The van der Waals surface area contributed by atoms with Gasteiger partial charge in [-0.3, -0.25) is 9.52 Å². The molecule has 2 aromatic rings. The summed E-state index contributed by atoms with van der Waals surface area (Å²) in [4.78, 5) is 12.3. The molecule has 0 saturated carbocycles. The van der Waals surface area contributed by atoms with Crippen molar-refractivity contribution in [1.82, 2.24) is 0 Å². The minimum atomic E-state index is -3.39. The predicted molar refractivity (Wildman–Crippen MR) is 95.1 cm³/mol. The molecule has 0 bridgehead atoms. The van der Waals surface area contributed by atoms with Crippen LogP contribution in [0.3, 0.4) is 0 Å². The molecule has 24 heavy (non-hydrogen) atoms. The Bertz CT molecular complexity index is 832. The lowest BCUT2D eigenvalue weighted by Crippen LogP contribution is -2.14. The van der Waals surface area contributed by atoms with Crippen molar-refractivity contribution in [3.63, 3.8) is 0 Å². The van der Waals surface area contributed by atoms with E-state index in [-0.39, 0.29) is 12.0 Å². The van der Waals surface area contributed by atoms with Gasteiger partial charge in [-0.05, 0) is 44.2 Å². The maximum atomic E-state index is 12.3. The Balaban J connectivity index is 2.14. The molecule has 0 aliphatic carbocycles. The number of carbonyl (C=O) groups is 1. The summed E-state index contributed by atoms with van der Waals surface area (Å²) in [6.07, 6.45) is 1.09. The van der Waals surface area contributed by atoms with E-state index >= 15 is 0 Å². The molecule has 0 heterocycles. The van der Waals surface area contributed by atoms with Gasteiger partial charge in [0.25, 0.3) is 5.91 Å². The molecular weight excluding hydrogens is 328 g/mol. The zero-order chi connectivity index (χ0) is 17.7. The van der Waals surface area contributed by atoms with E-state index in [9.17, 15) is 13.2 Å². The quantitative estimate of drug-likeness (QED) is 0.840. The van der Waals surface area contributed by atoms with Crippen LogP contribution >= 0.6 is 0 Å². The van der Waals surface area contributed by atoms with Gasteiger partial charge in [-0.25, -0.2) is 8.42 Å². The lowest BCUT2D eigenvalue weighted by atomic mass is 10.2. The minimum absolute atomic E-state index is 0.0368. The van der Waals surface area contributed by atoms with E-state index in [4.69, 9.17) is 4.74 Å². The highest BCUT2D eigenvalue weighted by molar-refractivity contribution is 7.92. The van der Waals surface area contributed by atoms with Gasteiger partial charge in [-0.2, -0.15) is 0 Å². The lowest BCUT2D eigenvalue weighted by molar-refractivity contribution is 0.102. The molecule has 0 saturated heterocycles. The molecule has 0 fully saturated rings. The SMILES string of the molecule is CC(C)Oc1cccc(NC(=O)c2cccc(NS(C)(=O)=O)c2)c1. The van der Waals surface area contributed by atoms with Crippen LogP contribution in [0, 0.1) is 0 Å². The third kappa shape index (κ3) is 5.58. The number of hydrogen-bond acceptors (Lipinski definition) is 4. The smallest absolute Gasteiger partial charge is 0.255 e. The summed E-state index contributed by atoms with van der Waals surface area (Å²) in [5, 5.41) is 2.77. The van der Waals surface area contributed by atoms with Crippen LogP contribution in [0.2, 0.25) is 0 Å². The number of benzene rings is 2. The molecule has 7 heteroatoms. The molecule has 1 amide bonds. The molecule has 0 atom stereocenters. The van der Waals surface area contributed by atoms with Crippen LogP contribution in [-0.2, 0) is 10.0 Å². The van der Waals surface area contributed by atoms with Crippen molar-refractivity contribution >= 4 is 27.3 Å². The minimum Gasteiger partial charge on any atom is -0.491 e. The first-order valence-electron chi connectivity index (χ1n) is 7.39. The van der Waals surface area contributed by atoms with Crippen molar-refractivity contribution in [1.29, 1.82) is 0 Å². The average molecular weight is 348 g/mol. The third-order valence-electron chi connectivity index (χ3n) is 2.89. The maximum Gasteiger partial charge on any atom is 0.255 e. The Hall–Kier alpha value is -2.54. The fourth-order valence-corrected chi connectivity index (χ4v) is 2.62. The molecule has 0 aliphatic heterocycles. The van der Waals surface area contributed by atoms with Crippen molar-refractivity contribution < 1.29 is 17.9 Å². The lowest BCUT2D eigenvalue weighted by Gasteiger charge is -2.12. The summed E-state index contributed by atoms with van der Waals surface area (Å²) >= 11 is 0. The van der Waals surface area contributed by atoms with Gasteiger partial charge in [0.05, 0.1) is 12.4 Å². The van der Waals surface area contributed by atoms with Crippen LogP contribution in [0.4, 0.5) is 11.4 Å². The highest BCUT2D eigenvalue weighted by atomic mass is 32.2. The van der Waals surface area contributed by atoms with Crippen molar-refractivity contribution in [3.8, 4) is 5.75 Å². The van der Waals surface area contributed by atoms with Gasteiger partial charge in [0.1, 0.15) is 5.75 Å². The first-order chi connectivity index (χ1) is 11.2. The fraction of sp³-hybridized carbons (Fsp3) is 0.235. The summed E-state index contributed by atoms with van der Waals surface area (Å²) in [6.45, 7) is 3.84. The number of carbonyl (C=O) groups excluding carboxylic acids is 1. The Labute approximate surface area is 141 Å². The van der Waals surface area contributed by atoms with E-state index in [1.807, 2.05) is 19.9 Å². The van der Waals surface area contributed by atoms with Crippen LogP contribution in [0.25, 0.3) is 0 Å². The fourth-order valence-electron chi connectivity index (χ4n) is 2.06. The molecule has 0 aromatic heterocycles. The molecule has 6 nitrogen and oxygen atoms in total. The highest BCUT2D eigenvalue weighted by Crippen LogP contribution is 2.20. The van der Waals surface area contributed by atoms with Gasteiger partial charge in [-0.1, -0.05) is 12.1 Å². The Morgan fingerprint density at radius 2 is 1.71 bits per heavy atom. The second kappa shape index (κ2) is 7.35. The average Bonchev–Trinajstić information content (AvgIpc) is 2.45. The van der Waals surface area contributed by atoms with E-state index in [2.05, 4.69) is 10.0 Å². The molecule has 128 valence electrons. The van der Waals surface area contributed by atoms with Crippen LogP contribution in [0.15, 0.2) is 48.5 Å². The predicted octanol–water partition coefficient (Wildman–Crippen LogP) is 3.10. The van der Waals surface area contributed by atoms with Gasteiger partial charge < -0.3 is 10.1 Å². The van der Waals surface area contributed by atoms with E-state index in [0.29, 0.717) is 22.7 Å². The van der Waals surface area contributed by atoms with Crippen molar-refractivity contribution in [3.05, 3.63) is 54.1 Å². The zero-order valence-electron chi connectivity index (χ0n) is 13.7. The third-order valence-corrected chi connectivity index (χ3v) is 3.50. The maximum absolute atomic E-state index is 12.3. The van der Waals surface area contributed by atoms with Gasteiger partial charge in [0.15, 0.2) is 0 Å². The molecule has 2 aromatic carbocycles. The highest BCUT2D eigenvalue weighted by Gasteiger charge is 2.09. The summed E-state index contributed by atoms with van der Waals surface area (Å²) in [5.74, 6) is 0.323. The first-order valence-corrected chi connectivity index (χ1v) is 9.28. The van der Waals surface area contributed by atoms with Crippen LogP contribution < -0.4 is 14.8 Å². The normalized spacial score (nSPS) is 11.2. The number of sulfonamides is 1. The standard InChI is InChI=1S/C17H20N2O4S/c1-12(2)23-16-9-5-7-14(11-16)18-17(20)13-6-4-8-15(10-13)19-24(3,21)22/h4-12,19H,1-3H3,(H,18,20). The van der Waals surface area contributed by atoms with Crippen LogP contribution in [-0.4, -0.2) is 26.7 Å². The number of ether oxygens (including phenoxy) is 1. The molecular formula is C17H20N2O4S. The molecule has 2 rings (SSSR count). The monoisotopic (exact) mass is 348 g/mol. The molecule has 0 unspecified atom stereocenters. The number of anilines is 2. The van der Waals surface area contributed by atoms with E-state index in [1.54, 1.807) is 36.4 Å². The molecule has 0 aliphatic rings. The second-order valence-corrected chi connectivity index (χ2v) is 7.35. The number of rotatable bonds is 6. The Morgan fingerprint density at radius 1 is 1.04 bits per heavy atom. The number of amides is 1. The van der Waals surface area contributed by atoms with Crippen molar-refractivity contribution in [2.24, 2.45) is 0 Å². The van der Waals surface area contributed by atoms with Gasteiger partial charge in [0.2, 0.25) is 10.0 Å². The summed E-state index contributed by atoms with van der Waals surface area (Å²) < 4.78 is 30.5. The number of nitrogens with one attached hydrogen (secondary N) is 2. The number of hydrogen-bond donors (Lipinski definition) is 2. The largest absolute Gasteiger partial charge is 0.491 e. The van der Waals surface area contributed by atoms with Crippen molar-refractivity contribution in [2.45, 2.75) is 20.0 Å². The summed E-state index contributed by atoms with van der Waals surface area (Å²) in [5.41, 5.74) is 1.28. The topological polar surface area (TPSA) is 84.5 Å².